The molecule has 0 radical (unpaired) electrons. The molecule has 1 N–H and O–H groups in total. The van der Waals surface area contributed by atoms with Crippen molar-refractivity contribution in [2.75, 3.05) is 18.4 Å². The zero-order valence-corrected chi connectivity index (χ0v) is 14.7. The summed E-state index contributed by atoms with van der Waals surface area (Å²) < 4.78 is 1.92. The van der Waals surface area contributed by atoms with E-state index in [4.69, 9.17) is 11.6 Å². The smallest absolute Gasteiger partial charge is 0.161 e. The third kappa shape index (κ3) is 3.17. The van der Waals surface area contributed by atoms with E-state index in [1.54, 1.807) is 6.20 Å². The van der Waals surface area contributed by atoms with Crippen LogP contribution in [0.5, 0.6) is 0 Å². The van der Waals surface area contributed by atoms with Gasteiger partial charge in [-0.25, -0.2) is 4.98 Å². The van der Waals surface area contributed by atoms with Gasteiger partial charge in [-0.2, -0.15) is 0 Å². The maximum Gasteiger partial charge on any atom is 0.161 e. The number of dihydropyridines is 1. The van der Waals surface area contributed by atoms with Gasteiger partial charge in [-0.15, -0.1) is 0 Å². The zero-order valence-electron chi connectivity index (χ0n) is 14.0. The summed E-state index contributed by atoms with van der Waals surface area (Å²) >= 11 is 6.32. The highest BCUT2D eigenvalue weighted by molar-refractivity contribution is 6.29. The average Bonchev–Trinajstić information content (AvgIpc) is 3.03. The second kappa shape index (κ2) is 6.73. The lowest BCUT2D eigenvalue weighted by Crippen LogP contribution is -2.16. The molecular weight excluding hydrogens is 332 g/mol. The predicted octanol–water partition coefficient (Wildman–Crippen LogP) is 4.71. The molecular formula is C20H19ClN4. The molecule has 4 nitrogen and oxygen atoms in total. The Morgan fingerprint density at radius 1 is 1.24 bits per heavy atom. The second-order valence-electron chi connectivity index (χ2n) is 6.29. The number of rotatable bonds is 4. The highest BCUT2D eigenvalue weighted by Crippen LogP contribution is 2.28. The van der Waals surface area contributed by atoms with Gasteiger partial charge in [0.25, 0.3) is 0 Å². The molecule has 3 heterocycles. The fraction of sp³-hybridized carbons (Fsp3) is 0.200. The normalized spacial score (nSPS) is 16.9. The number of allylic oxidation sites excluding steroid dienone is 1. The van der Waals surface area contributed by atoms with E-state index in [0.29, 0.717) is 11.1 Å². The van der Waals surface area contributed by atoms with E-state index in [1.807, 2.05) is 35.0 Å². The average molecular weight is 351 g/mol. The van der Waals surface area contributed by atoms with E-state index in [9.17, 15) is 0 Å². The van der Waals surface area contributed by atoms with E-state index in [2.05, 4.69) is 46.5 Å². The molecule has 5 heteroatoms. The van der Waals surface area contributed by atoms with Gasteiger partial charge in [0.1, 0.15) is 5.15 Å². The van der Waals surface area contributed by atoms with Crippen molar-refractivity contribution in [2.24, 2.45) is 10.9 Å². The molecule has 4 rings (SSSR count). The van der Waals surface area contributed by atoms with Crippen molar-refractivity contribution in [1.82, 2.24) is 9.38 Å². The summed E-state index contributed by atoms with van der Waals surface area (Å²) in [4.78, 5) is 8.77. The second-order valence-corrected chi connectivity index (χ2v) is 6.68. The van der Waals surface area contributed by atoms with Crippen LogP contribution in [0, 0.1) is 5.92 Å². The highest BCUT2D eigenvalue weighted by Gasteiger charge is 2.13. The number of nitrogens with one attached hydrogen (secondary N) is 1. The molecule has 0 amide bonds. The number of fused-ring (bicyclic) bond motifs is 1. The summed E-state index contributed by atoms with van der Waals surface area (Å²) in [6, 6.07) is 12.4. The summed E-state index contributed by atoms with van der Waals surface area (Å²) in [6.45, 7) is 3.82. The van der Waals surface area contributed by atoms with Crippen LogP contribution in [0.15, 0.2) is 65.4 Å². The Hall–Kier alpha value is -2.59. The largest absolute Gasteiger partial charge is 0.378 e. The zero-order chi connectivity index (χ0) is 17.2. The topological polar surface area (TPSA) is 41.7 Å². The lowest BCUT2D eigenvalue weighted by Gasteiger charge is -2.18. The van der Waals surface area contributed by atoms with Gasteiger partial charge in [0.2, 0.25) is 0 Å². The first-order chi connectivity index (χ1) is 12.2. The molecule has 0 unspecified atom stereocenters. The number of nitrogens with zero attached hydrogens (tertiary/aromatic N) is 3. The van der Waals surface area contributed by atoms with Crippen molar-refractivity contribution in [3.63, 3.8) is 0 Å². The quantitative estimate of drug-likeness (QED) is 0.740. The highest BCUT2D eigenvalue weighted by atomic mass is 35.5. The lowest BCUT2D eigenvalue weighted by atomic mass is 9.99. The van der Waals surface area contributed by atoms with Crippen LogP contribution < -0.4 is 5.32 Å². The van der Waals surface area contributed by atoms with E-state index >= 15 is 0 Å². The van der Waals surface area contributed by atoms with Crippen molar-refractivity contribution < 1.29 is 0 Å². The Labute approximate surface area is 151 Å². The predicted molar refractivity (Wildman–Crippen MR) is 105 cm³/mol. The standard InChI is InChI=1S/C20H19ClN4/c1-14-10-22-8-7-16(14)11-23-18-9-17(15-5-3-2-4-6-15)13-25-19(21)12-24-20(18)25/h2-9,12-14,23H,10-11H2,1H3/t14-/m1/s1. The van der Waals surface area contributed by atoms with Crippen molar-refractivity contribution >= 4 is 29.2 Å². The number of aliphatic imine (C=N–C) groups is 1. The number of hydrogen-bond acceptors (Lipinski definition) is 3. The Bertz CT molecular complexity index is 956. The molecule has 3 aromatic rings. The maximum atomic E-state index is 6.32. The van der Waals surface area contributed by atoms with Gasteiger partial charge in [-0.05, 0) is 29.2 Å². The van der Waals surface area contributed by atoms with E-state index < -0.39 is 0 Å². The van der Waals surface area contributed by atoms with Gasteiger partial charge in [-0.1, -0.05) is 48.9 Å². The number of aromatic nitrogens is 2. The summed E-state index contributed by atoms with van der Waals surface area (Å²) in [5.74, 6) is 0.453. The minimum atomic E-state index is 0.453. The van der Waals surface area contributed by atoms with Gasteiger partial charge in [-0.3, -0.25) is 9.39 Å². The molecule has 0 fully saturated rings. The number of pyridine rings is 1. The van der Waals surface area contributed by atoms with Crippen LogP contribution >= 0.6 is 11.6 Å². The number of benzene rings is 1. The molecule has 0 saturated heterocycles. The summed E-state index contributed by atoms with van der Waals surface area (Å²) in [5, 5.41) is 4.14. The van der Waals surface area contributed by atoms with Crippen molar-refractivity contribution in [3.8, 4) is 11.1 Å². The third-order valence-corrected chi connectivity index (χ3v) is 4.84. The minimum Gasteiger partial charge on any atom is -0.378 e. The van der Waals surface area contributed by atoms with Crippen molar-refractivity contribution in [1.29, 1.82) is 0 Å². The number of anilines is 1. The van der Waals surface area contributed by atoms with Crippen LogP contribution in [0.1, 0.15) is 6.92 Å². The number of hydrogen-bond donors (Lipinski definition) is 1. The van der Waals surface area contributed by atoms with Gasteiger partial charge in [0.15, 0.2) is 5.65 Å². The number of imidazole rings is 1. The van der Waals surface area contributed by atoms with Gasteiger partial charge < -0.3 is 5.32 Å². The molecule has 2 aromatic heterocycles. The maximum absolute atomic E-state index is 6.32. The van der Waals surface area contributed by atoms with E-state index in [1.165, 1.54) is 5.57 Å². The first kappa shape index (κ1) is 15.9. The van der Waals surface area contributed by atoms with Crippen molar-refractivity contribution in [2.45, 2.75) is 6.92 Å². The number of halogens is 1. The molecule has 0 spiro atoms. The van der Waals surface area contributed by atoms with Gasteiger partial charge in [0, 0.05) is 31.1 Å². The van der Waals surface area contributed by atoms with Crippen LogP contribution in [0.2, 0.25) is 5.15 Å². The lowest BCUT2D eigenvalue weighted by molar-refractivity contribution is 0.681. The first-order valence-corrected chi connectivity index (χ1v) is 8.75. The molecule has 1 aliphatic heterocycles. The van der Waals surface area contributed by atoms with Crippen LogP contribution in [-0.4, -0.2) is 28.7 Å². The first-order valence-electron chi connectivity index (χ1n) is 8.37. The third-order valence-electron chi connectivity index (χ3n) is 4.56. The Balaban J connectivity index is 1.72. The van der Waals surface area contributed by atoms with E-state index in [-0.39, 0.29) is 0 Å². The molecule has 0 bridgehead atoms. The van der Waals surface area contributed by atoms with Gasteiger partial charge in [0.05, 0.1) is 11.9 Å². The van der Waals surface area contributed by atoms with Crippen LogP contribution in [0.3, 0.4) is 0 Å². The summed E-state index contributed by atoms with van der Waals surface area (Å²) in [7, 11) is 0. The van der Waals surface area contributed by atoms with Crippen LogP contribution in [0.4, 0.5) is 5.69 Å². The van der Waals surface area contributed by atoms with E-state index in [0.717, 1.165) is 35.6 Å². The van der Waals surface area contributed by atoms with Crippen LogP contribution in [-0.2, 0) is 0 Å². The van der Waals surface area contributed by atoms with Gasteiger partial charge >= 0.3 is 0 Å². The monoisotopic (exact) mass is 350 g/mol. The van der Waals surface area contributed by atoms with Crippen LogP contribution in [0.25, 0.3) is 16.8 Å². The molecule has 25 heavy (non-hydrogen) atoms. The Kier molecular flexibility index (Phi) is 4.28. The molecule has 126 valence electrons. The molecule has 0 saturated carbocycles. The van der Waals surface area contributed by atoms with Crippen molar-refractivity contribution in [3.05, 3.63) is 65.6 Å². The fourth-order valence-corrected chi connectivity index (χ4v) is 3.23. The Morgan fingerprint density at radius 3 is 2.88 bits per heavy atom. The molecule has 1 aliphatic rings. The molecule has 1 atom stereocenters. The summed E-state index contributed by atoms with van der Waals surface area (Å²) in [5.41, 5.74) is 5.40. The fourth-order valence-electron chi connectivity index (χ4n) is 3.06. The SMILES string of the molecule is C[C@@H]1CN=CC=C1CNc1cc(-c2ccccc2)cn2c(Cl)cnc12. The Morgan fingerprint density at radius 2 is 2.08 bits per heavy atom. The summed E-state index contributed by atoms with van der Waals surface area (Å²) in [6.07, 6.45) is 7.70. The minimum absolute atomic E-state index is 0.453. The molecule has 1 aromatic carbocycles. The molecule has 0 aliphatic carbocycles.